The van der Waals surface area contributed by atoms with Crippen LogP contribution in [-0.2, 0) is 0 Å². The number of aliphatic hydroxyl groups is 1. The summed E-state index contributed by atoms with van der Waals surface area (Å²) in [7, 11) is 0. The molecule has 10 atom stereocenters. The van der Waals surface area contributed by atoms with Gasteiger partial charge in [0.1, 0.15) is 0 Å². The van der Waals surface area contributed by atoms with Crippen LogP contribution in [0.1, 0.15) is 98.8 Å². The topological polar surface area (TPSA) is 46.2 Å². The second kappa shape index (κ2) is 6.84. The number of rotatable bonds is 2. The van der Waals surface area contributed by atoms with Crippen molar-refractivity contribution >= 4 is 0 Å². The van der Waals surface area contributed by atoms with Crippen LogP contribution in [0.15, 0.2) is 12.7 Å². The lowest BCUT2D eigenvalue weighted by atomic mass is 9.32. The van der Waals surface area contributed by atoms with E-state index in [1.807, 2.05) is 0 Å². The Morgan fingerprint density at radius 1 is 0.839 bits per heavy atom. The first kappa shape index (κ1) is 22.5. The smallest absolute Gasteiger partial charge is 0.0594 e. The van der Waals surface area contributed by atoms with E-state index in [1.54, 1.807) is 0 Å². The molecule has 0 aliphatic heterocycles. The van der Waals surface area contributed by atoms with Crippen LogP contribution in [0.5, 0.6) is 0 Å². The van der Waals surface area contributed by atoms with Gasteiger partial charge in [-0.2, -0.15) is 0 Å². The lowest BCUT2D eigenvalue weighted by molar-refractivity contribution is -0.246. The van der Waals surface area contributed by atoms with Gasteiger partial charge in [0, 0.05) is 0 Å². The van der Waals surface area contributed by atoms with Crippen molar-refractivity contribution in [2.45, 2.75) is 105 Å². The summed E-state index contributed by atoms with van der Waals surface area (Å²) in [5.74, 6) is 3.67. The van der Waals surface area contributed by atoms with Crippen molar-refractivity contribution < 1.29 is 5.11 Å². The molecule has 0 bridgehead atoms. The molecule has 2 heteroatoms. The molecule has 5 fully saturated rings. The molecule has 5 saturated carbocycles. The minimum Gasteiger partial charge on any atom is -0.393 e. The van der Waals surface area contributed by atoms with Gasteiger partial charge >= 0.3 is 0 Å². The summed E-state index contributed by atoms with van der Waals surface area (Å²) in [5.41, 5.74) is 8.15. The third-order valence-corrected chi connectivity index (χ3v) is 13.3. The Morgan fingerprint density at radius 3 is 2.26 bits per heavy atom. The van der Waals surface area contributed by atoms with Crippen LogP contribution in [0.2, 0.25) is 0 Å². The van der Waals surface area contributed by atoms with Crippen molar-refractivity contribution in [1.82, 2.24) is 0 Å². The van der Waals surface area contributed by atoms with Gasteiger partial charge in [0.05, 0.1) is 6.10 Å². The molecule has 3 N–H and O–H groups in total. The molecular formula is C29H49NO. The van der Waals surface area contributed by atoms with E-state index in [9.17, 15) is 5.11 Å². The number of fused-ring (bicyclic) bond motifs is 7. The van der Waals surface area contributed by atoms with Crippen molar-refractivity contribution in [3.8, 4) is 0 Å². The average molecular weight is 428 g/mol. The standard InChI is InChI=1S/C29H49NO/c1-7-19-10-15-29(18-30)17-16-27(5)20(24(19)29)8-9-22-26(4)13-12-23(31)25(2,3)21(26)11-14-28(22,27)6/h7,19-24,31H,1,8-18,30H2,2-6H3. The largest absolute Gasteiger partial charge is 0.393 e. The van der Waals surface area contributed by atoms with Crippen molar-refractivity contribution in [3.63, 3.8) is 0 Å². The summed E-state index contributed by atoms with van der Waals surface area (Å²) in [5, 5.41) is 10.9. The average Bonchev–Trinajstić information content (AvgIpc) is 3.11. The van der Waals surface area contributed by atoms with E-state index in [-0.39, 0.29) is 11.5 Å². The van der Waals surface area contributed by atoms with Crippen molar-refractivity contribution in [1.29, 1.82) is 0 Å². The molecule has 0 spiro atoms. The molecule has 5 aliphatic rings. The molecule has 31 heavy (non-hydrogen) atoms. The number of hydrogen-bond donors (Lipinski definition) is 2. The van der Waals surface area contributed by atoms with Gasteiger partial charge in [0.15, 0.2) is 0 Å². The molecule has 0 amide bonds. The molecule has 2 nitrogen and oxygen atoms in total. The zero-order valence-corrected chi connectivity index (χ0v) is 21.1. The Kier molecular flexibility index (Phi) is 4.96. The molecule has 0 aromatic rings. The molecule has 176 valence electrons. The van der Waals surface area contributed by atoms with Gasteiger partial charge in [0.25, 0.3) is 0 Å². The fourth-order valence-electron chi connectivity index (χ4n) is 11.4. The summed E-state index contributed by atoms with van der Waals surface area (Å²) in [6.07, 6.45) is 15.1. The number of nitrogens with two attached hydrogens (primary N) is 1. The zero-order chi connectivity index (χ0) is 22.4. The fraction of sp³-hybridized carbons (Fsp3) is 0.931. The van der Waals surface area contributed by atoms with Crippen molar-refractivity contribution in [3.05, 3.63) is 12.7 Å². The van der Waals surface area contributed by atoms with Crippen LogP contribution < -0.4 is 5.73 Å². The Bertz CT molecular complexity index is 745. The van der Waals surface area contributed by atoms with Crippen LogP contribution in [0, 0.1) is 56.7 Å². The van der Waals surface area contributed by atoms with Crippen molar-refractivity contribution in [2.24, 2.45) is 62.4 Å². The van der Waals surface area contributed by atoms with E-state index >= 15 is 0 Å². The lowest BCUT2D eigenvalue weighted by Gasteiger charge is -2.73. The van der Waals surface area contributed by atoms with Crippen LogP contribution in [-0.4, -0.2) is 17.8 Å². The second-order valence-corrected chi connectivity index (χ2v) is 14.1. The molecule has 10 unspecified atom stereocenters. The highest BCUT2D eigenvalue weighted by Gasteiger charge is 2.70. The summed E-state index contributed by atoms with van der Waals surface area (Å²) in [6, 6.07) is 0. The second-order valence-electron chi connectivity index (χ2n) is 14.1. The van der Waals surface area contributed by atoms with Gasteiger partial charge in [-0.1, -0.05) is 40.7 Å². The third kappa shape index (κ3) is 2.59. The van der Waals surface area contributed by atoms with Crippen molar-refractivity contribution in [2.75, 3.05) is 6.54 Å². The van der Waals surface area contributed by atoms with Crippen LogP contribution >= 0.6 is 0 Å². The molecule has 0 heterocycles. The van der Waals surface area contributed by atoms with Gasteiger partial charge in [-0.15, -0.1) is 6.58 Å². The summed E-state index contributed by atoms with van der Waals surface area (Å²) in [4.78, 5) is 0. The van der Waals surface area contributed by atoms with Gasteiger partial charge in [-0.05, 0) is 127 Å². The minimum atomic E-state index is -0.131. The maximum Gasteiger partial charge on any atom is 0.0594 e. The lowest BCUT2D eigenvalue weighted by Crippen LogP contribution is -2.66. The Hall–Kier alpha value is -0.340. The molecular weight excluding hydrogens is 378 g/mol. The maximum atomic E-state index is 10.9. The molecule has 5 aliphatic carbocycles. The predicted octanol–water partition coefficient (Wildman–Crippen LogP) is 6.57. The van der Waals surface area contributed by atoms with E-state index in [0.29, 0.717) is 33.5 Å². The third-order valence-electron chi connectivity index (χ3n) is 13.3. The predicted molar refractivity (Wildman–Crippen MR) is 129 cm³/mol. The summed E-state index contributed by atoms with van der Waals surface area (Å²) in [6.45, 7) is 17.9. The van der Waals surface area contributed by atoms with Gasteiger partial charge in [-0.3, -0.25) is 0 Å². The van der Waals surface area contributed by atoms with E-state index < -0.39 is 0 Å². The first-order valence-electron chi connectivity index (χ1n) is 13.5. The van der Waals surface area contributed by atoms with Crippen LogP contribution in [0.25, 0.3) is 0 Å². The van der Waals surface area contributed by atoms with E-state index in [1.165, 1.54) is 57.8 Å². The van der Waals surface area contributed by atoms with Gasteiger partial charge in [-0.25, -0.2) is 0 Å². The Morgan fingerprint density at radius 2 is 1.58 bits per heavy atom. The van der Waals surface area contributed by atoms with Gasteiger partial charge in [0.2, 0.25) is 0 Å². The molecule has 0 aromatic carbocycles. The highest BCUT2D eigenvalue weighted by molar-refractivity contribution is 5.20. The number of allylic oxidation sites excluding steroid dienone is 1. The SMILES string of the molecule is C=CC1CCC2(CN)CCC3(C)C(CCC4C5(C)CCC(O)C(C)(C)C5CCC43C)C12. The highest BCUT2D eigenvalue weighted by Crippen LogP contribution is 2.77. The van der Waals surface area contributed by atoms with Crippen LogP contribution in [0.3, 0.4) is 0 Å². The molecule has 0 saturated heterocycles. The summed E-state index contributed by atoms with van der Waals surface area (Å²) >= 11 is 0. The highest BCUT2D eigenvalue weighted by atomic mass is 16.3. The normalized spacial score (nSPS) is 57.9. The number of hydrogen-bond acceptors (Lipinski definition) is 2. The van der Waals surface area contributed by atoms with Crippen LogP contribution in [0.4, 0.5) is 0 Å². The first-order valence-corrected chi connectivity index (χ1v) is 13.5. The number of aliphatic hydroxyl groups excluding tert-OH is 1. The summed E-state index contributed by atoms with van der Waals surface area (Å²) < 4.78 is 0. The Labute approximate surface area is 191 Å². The van der Waals surface area contributed by atoms with E-state index in [4.69, 9.17) is 5.73 Å². The quantitative estimate of drug-likeness (QED) is 0.489. The zero-order valence-electron chi connectivity index (χ0n) is 21.1. The minimum absolute atomic E-state index is 0.0484. The van der Waals surface area contributed by atoms with E-state index in [0.717, 1.165) is 30.7 Å². The monoisotopic (exact) mass is 427 g/mol. The first-order chi connectivity index (χ1) is 14.5. The fourth-order valence-corrected chi connectivity index (χ4v) is 11.4. The molecule has 5 rings (SSSR count). The van der Waals surface area contributed by atoms with Gasteiger partial charge < -0.3 is 10.8 Å². The maximum absolute atomic E-state index is 10.9. The molecule has 0 aromatic heterocycles. The van der Waals surface area contributed by atoms with E-state index in [2.05, 4.69) is 47.3 Å². The molecule has 0 radical (unpaired) electrons. The Balaban J connectivity index is 1.54.